The Bertz CT molecular complexity index is 836. The number of nitrogens with zero attached hydrogens (tertiary/aromatic N) is 2. The monoisotopic (exact) mass is 424 g/mol. The molecule has 1 aromatic heterocycles. The average molecular weight is 425 g/mol. The Labute approximate surface area is 155 Å². The molecule has 0 saturated carbocycles. The minimum Gasteiger partial charge on any atom is -0.370 e. The van der Waals surface area contributed by atoms with Crippen LogP contribution < -0.4 is 22.3 Å². The SMILES string of the molecule is NNC(=O)C(c1cscn1)C1N=C(N)NC(c2ccc(F)cc2)=C1Br. The van der Waals surface area contributed by atoms with Crippen molar-refractivity contribution in [3.8, 4) is 0 Å². The highest BCUT2D eigenvalue weighted by atomic mass is 79.9. The molecule has 1 aromatic carbocycles. The van der Waals surface area contributed by atoms with Crippen molar-refractivity contribution in [2.24, 2.45) is 16.6 Å². The summed E-state index contributed by atoms with van der Waals surface area (Å²) in [5.41, 5.74) is 11.5. The number of nitrogens with one attached hydrogen (secondary N) is 2. The van der Waals surface area contributed by atoms with Crippen LogP contribution in [0.1, 0.15) is 17.2 Å². The zero-order valence-corrected chi connectivity index (χ0v) is 15.1. The summed E-state index contributed by atoms with van der Waals surface area (Å²) in [6, 6.07) is 5.23. The van der Waals surface area contributed by atoms with Crippen molar-refractivity contribution in [2.75, 3.05) is 0 Å². The number of hydrogen-bond donors (Lipinski definition) is 4. The molecular weight excluding hydrogens is 411 g/mol. The van der Waals surface area contributed by atoms with Crippen LogP contribution >= 0.6 is 27.3 Å². The van der Waals surface area contributed by atoms with E-state index >= 15 is 0 Å². The van der Waals surface area contributed by atoms with Gasteiger partial charge in [-0.05, 0) is 29.8 Å². The van der Waals surface area contributed by atoms with Crippen LogP contribution in [0, 0.1) is 5.82 Å². The molecule has 1 aliphatic rings. The van der Waals surface area contributed by atoms with Crippen LogP contribution in [0.25, 0.3) is 5.70 Å². The highest BCUT2D eigenvalue weighted by molar-refractivity contribution is 9.11. The van der Waals surface area contributed by atoms with Gasteiger partial charge in [0.1, 0.15) is 17.8 Å². The number of nitrogens with two attached hydrogens (primary N) is 2. The van der Waals surface area contributed by atoms with Gasteiger partial charge in [0.25, 0.3) is 0 Å². The predicted molar refractivity (Wildman–Crippen MR) is 98.0 cm³/mol. The van der Waals surface area contributed by atoms with E-state index in [0.717, 1.165) is 0 Å². The normalized spacial score (nSPS) is 18.4. The molecule has 1 amide bonds. The molecule has 0 fully saturated rings. The second-order valence-electron chi connectivity index (χ2n) is 5.21. The molecule has 2 aromatic rings. The Morgan fingerprint density at radius 2 is 2.12 bits per heavy atom. The van der Waals surface area contributed by atoms with E-state index in [9.17, 15) is 9.18 Å². The Morgan fingerprint density at radius 3 is 2.72 bits per heavy atom. The Hall–Kier alpha value is -2.30. The maximum atomic E-state index is 13.2. The molecule has 0 radical (unpaired) electrons. The maximum absolute atomic E-state index is 13.2. The zero-order chi connectivity index (χ0) is 18.0. The van der Waals surface area contributed by atoms with E-state index in [0.29, 0.717) is 21.4 Å². The van der Waals surface area contributed by atoms with Crippen LogP contribution in [0.5, 0.6) is 0 Å². The Kier molecular flexibility index (Phi) is 5.11. The number of amides is 1. The molecule has 1 aliphatic heterocycles. The Morgan fingerprint density at radius 1 is 1.40 bits per heavy atom. The second-order valence-corrected chi connectivity index (χ2v) is 6.79. The van der Waals surface area contributed by atoms with Crippen molar-refractivity contribution >= 4 is 44.8 Å². The molecule has 0 spiro atoms. The summed E-state index contributed by atoms with van der Waals surface area (Å²) in [6.07, 6.45) is 0. The number of rotatable bonds is 4. The third-order valence-corrected chi connectivity index (χ3v) is 5.14. The average Bonchev–Trinajstić information content (AvgIpc) is 3.12. The smallest absolute Gasteiger partial charge is 0.245 e. The second kappa shape index (κ2) is 7.30. The summed E-state index contributed by atoms with van der Waals surface area (Å²) in [5, 5.41) is 4.70. The summed E-state index contributed by atoms with van der Waals surface area (Å²) in [7, 11) is 0. The zero-order valence-electron chi connectivity index (χ0n) is 12.7. The van der Waals surface area contributed by atoms with Gasteiger partial charge in [0.2, 0.25) is 5.91 Å². The molecule has 0 aliphatic carbocycles. The lowest BCUT2D eigenvalue weighted by Gasteiger charge is -2.28. The molecule has 6 N–H and O–H groups in total. The number of aromatic nitrogens is 1. The van der Waals surface area contributed by atoms with Crippen molar-refractivity contribution < 1.29 is 9.18 Å². The lowest BCUT2D eigenvalue weighted by molar-refractivity contribution is -0.122. The van der Waals surface area contributed by atoms with Gasteiger partial charge in [0.05, 0.1) is 16.9 Å². The third-order valence-electron chi connectivity index (χ3n) is 3.67. The lowest BCUT2D eigenvalue weighted by atomic mass is 9.93. The predicted octanol–water partition coefficient (Wildman–Crippen LogP) is 1.41. The number of carbonyl (C=O) groups is 1. The number of thiazole rings is 1. The summed E-state index contributed by atoms with van der Waals surface area (Å²) >= 11 is 4.86. The first-order chi connectivity index (χ1) is 12.0. The van der Waals surface area contributed by atoms with Crippen molar-refractivity contribution in [1.82, 2.24) is 15.7 Å². The summed E-state index contributed by atoms with van der Waals surface area (Å²) in [5.74, 6) is 3.92. The number of aliphatic imine (C=N–C) groups is 1. The van der Waals surface area contributed by atoms with E-state index in [1.807, 2.05) is 0 Å². The van der Waals surface area contributed by atoms with Crippen molar-refractivity contribution in [1.29, 1.82) is 0 Å². The van der Waals surface area contributed by atoms with E-state index in [2.05, 4.69) is 36.6 Å². The van der Waals surface area contributed by atoms with Gasteiger partial charge in [0.15, 0.2) is 5.96 Å². The molecule has 25 heavy (non-hydrogen) atoms. The third kappa shape index (κ3) is 3.55. The lowest BCUT2D eigenvalue weighted by Crippen LogP contribution is -2.44. The van der Waals surface area contributed by atoms with Gasteiger partial charge in [-0.25, -0.2) is 20.2 Å². The first-order valence-corrected chi connectivity index (χ1v) is 8.89. The standard InChI is InChI=1S/C15H14BrFN6OS/c16-11-12(7-1-3-8(17)4-2-7)21-15(18)22-13(11)10(14(24)23-19)9-5-25-6-20-9/h1-6,10,13H,19H2,(H,23,24)(H3,18,21,22). The Balaban J connectivity index is 2.07. The number of hydrazine groups is 1. The van der Waals surface area contributed by atoms with Crippen LogP contribution in [0.4, 0.5) is 4.39 Å². The minimum atomic E-state index is -0.762. The molecule has 10 heteroatoms. The van der Waals surface area contributed by atoms with Crippen molar-refractivity contribution in [3.63, 3.8) is 0 Å². The van der Waals surface area contributed by atoms with Gasteiger partial charge < -0.3 is 11.1 Å². The summed E-state index contributed by atoms with van der Waals surface area (Å²) in [4.78, 5) is 20.9. The van der Waals surface area contributed by atoms with Crippen LogP contribution in [0.2, 0.25) is 0 Å². The first-order valence-electron chi connectivity index (χ1n) is 7.15. The first kappa shape index (κ1) is 17.5. The van der Waals surface area contributed by atoms with Gasteiger partial charge in [0, 0.05) is 9.86 Å². The number of carbonyl (C=O) groups excluding carboxylic acids is 1. The van der Waals surface area contributed by atoms with Crippen LogP contribution in [0.15, 0.2) is 44.6 Å². The van der Waals surface area contributed by atoms with Gasteiger partial charge in [-0.15, -0.1) is 11.3 Å². The van der Waals surface area contributed by atoms with Gasteiger partial charge >= 0.3 is 0 Å². The molecule has 2 heterocycles. The molecule has 130 valence electrons. The highest BCUT2D eigenvalue weighted by Gasteiger charge is 2.36. The minimum absolute atomic E-state index is 0.137. The van der Waals surface area contributed by atoms with Gasteiger partial charge in [-0.1, -0.05) is 15.9 Å². The summed E-state index contributed by atoms with van der Waals surface area (Å²) in [6.45, 7) is 0. The van der Waals surface area contributed by atoms with E-state index in [4.69, 9.17) is 11.6 Å². The topological polar surface area (TPSA) is 118 Å². The van der Waals surface area contributed by atoms with Crippen LogP contribution in [-0.4, -0.2) is 22.9 Å². The molecule has 7 nitrogen and oxygen atoms in total. The fourth-order valence-electron chi connectivity index (χ4n) is 2.53. The molecule has 0 bridgehead atoms. The van der Waals surface area contributed by atoms with E-state index in [-0.39, 0.29) is 11.8 Å². The number of guanidine groups is 1. The fourth-order valence-corrected chi connectivity index (χ4v) is 3.81. The van der Waals surface area contributed by atoms with Gasteiger partial charge in [-0.3, -0.25) is 10.2 Å². The van der Waals surface area contributed by atoms with E-state index in [1.165, 1.54) is 23.5 Å². The van der Waals surface area contributed by atoms with Crippen LogP contribution in [-0.2, 0) is 4.79 Å². The highest BCUT2D eigenvalue weighted by Crippen LogP contribution is 2.36. The number of benzene rings is 1. The van der Waals surface area contributed by atoms with E-state index < -0.39 is 17.9 Å². The molecule has 0 saturated heterocycles. The fraction of sp³-hybridized carbons (Fsp3) is 0.133. The molecule has 2 atom stereocenters. The largest absolute Gasteiger partial charge is 0.370 e. The summed E-state index contributed by atoms with van der Waals surface area (Å²) < 4.78 is 13.8. The quantitative estimate of drug-likeness (QED) is 0.336. The van der Waals surface area contributed by atoms with Crippen molar-refractivity contribution in [2.45, 2.75) is 12.0 Å². The van der Waals surface area contributed by atoms with Crippen LogP contribution in [0.3, 0.4) is 0 Å². The molecule has 3 rings (SSSR count). The number of hydrogen-bond acceptors (Lipinski definition) is 7. The molecule has 2 unspecified atom stereocenters. The molecular formula is C15H14BrFN6OS. The van der Waals surface area contributed by atoms with Crippen molar-refractivity contribution in [3.05, 3.63) is 56.7 Å². The van der Waals surface area contributed by atoms with Gasteiger partial charge in [-0.2, -0.15) is 0 Å². The van der Waals surface area contributed by atoms with E-state index in [1.54, 1.807) is 23.0 Å². The maximum Gasteiger partial charge on any atom is 0.245 e. The number of halogens is 2.